The number of hydrogen-bond acceptors (Lipinski definition) is 3. The maximum Gasteiger partial charge on any atom is 0.252 e. The van der Waals surface area contributed by atoms with Crippen LogP contribution in [-0.2, 0) is 16.1 Å². The number of ether oxygens (including phenoxy) is 1. The van der Waals surface area contributed by atoms with E-state index in [0.29, 0.717) is 19.6 Å². The molecule has 0 spiro atoms. The SMILES string of the molecule is CCCCCN(Cc1ccc(F)cc1)C(=O)[C@@H]1CC[C@H](CN)O1.Cl. The Morgan fingerprint density at radius 3 is 2.58 bits per heavy atom. The number of amides is 1. The summed E-state index contributed by atoms with van der Waals surface area (Å²) in [6.45, 7) is 3.79. The lowest BCUT2D eigenvalue weighted by molar-refractivity contribution is -0.143. The predicted molar refractivity (Wildman–Crippen MR) is 95.5 cm³/mol. The van der Waals surface area contributed by atoms with Gasteiger partial charge in [0.25, 0.3) is 5.91 Å². The first kappa shape index (κ1) is 20.9. The van der Waals surface area contributed by atoms with E-state index in [4.69, 9.17) is 10.5 Å². The van der Waals surface area contributed by atoms with E-state index in [1.54, 1.807) is 12.1 Å². The number of carbonyl (C=O) groups excluding carboxylic acids is 1. The molecule has 2 atom stereocenters. The second kappa shape index (κ2) is 10.6. The molecule has 2 N–H and O–H groups in total. The standard InChI is InChI=1S/C18H27FN2O2.ClH/c1-2-3-4-11-21(13-14-5-7-15(19)8-6-14)18(22)17-10-9-16(12-20)23-17;/h5-8,16-17H,2-4,9-13,20H2,1H3;1H/t16-,17+;/m1./s1. The summed E-state index contributed by atoms with van der Waals surface area (Å²) in [5.41, 5.74) is 6.56. The van der Waals surface area contributed by atoms with Gasteiger partial charge in [0.2, 0.25) is 0 Å². The van der Waals surface area contributed by atoms with Gasteiger partial charge >= 0.3 is 0 Å². The summed E-state index contributed by atoms with van der Waals surface area (Å²) in [5, 5.41) is 0. The van der Waals surface area contributed by atoms with Gasteiger partial charge < -0.3 is 15.4 Å². The molecular weight excluding hydrogens is 331 g/mol. The average molecular weight is 359 g/mol. The van der Waals surface area contributed by atoms with E-state index in [1.165, 1.54) is 12.1 Å². The van der Waals surface area contributed by atoms with Gasteiger partial charge in [0, 0.05) is 19.6 Å². The summed E-state index contributed by atoms with van der Waals surface area (Å²) in [5.74, 6) is -0.232. The van der Waals surface area contributed by atoms with Crippen LogP contribution in [0.3, 0.4) is 0 Å². The molecule has 1 heterocycles. The number of benzene rings is 1. The number of unbranched alkanes of at least 4 members (excludes halogenated alkanes) is 2. The van der Waals surface area contributed by atoms with E-state index in [1.807, 2.05) is 4.90 Å². The summed E-state index contributed by atoms with van der Waals surface area (Å²) in [6, 6.07) is 6.32. The van der Waals surface area contributed by atoms with E-state index in [9.17, 15) is 9.18 Å². The van der Waals surface area contributed by atoms with E-state index in [-0.39, 0.29) is 36.3 Å². The molecule has 1 fully saturated rings. The van der Waals surface area contributed by atoms with Crippen LogP contribution in [0.2, 0.25) is 0 Å². The number of nitrogens with zero attached hydrogens (tertiary/aromatic N) is 1. The van der Waals surface area contributed by atoms with Crippen molar-refractivity contribution in [3.8, 4) is 0 Å². The van der Waals surface area contributed by atoms with Crippen LogP contribution in [0.5, 0.6) is 0 Å². The van der Waals surface area contributed by atoms with E-state index in [0.717, 1.165) is 37.7 Å². The van der Waals surface area contributed by atoms with Gasteiger partial charge in [-0.3, -0.25) is 4.79 Å². The van der Waals surface area contributed by atoms with Crippen molar-refractivity contribution in [1.29, 1.82) is 0 Å². The topological polar surface area (TPSA) is 55.6 Å². The lowest BCUT2D eigenvalue weighted by Crippen LogP contribution is -2.39. The van der Waals surface area contributed by atoms with Crippen molar-refractivity contribution in [3.05, 3.63) is 35.6 Å². The Labute approximate surface area is 149 Å². The number of halogens is 2. The minimum Gasteiger partial charge on any atom is -0.364 e. The van der Waals surface area contributed by atoms with Crippen LogP contribution in [0.1, 0.15) is 44.6 Å². The first-order valence-corrected chi connectivity index (χ1v) is 8.52. The fourth-order valence-electron chi connectivity index (χ4n) is 2.89. The Hall–Kier alpha value is -1.17. The molecule has 2 rings (SSSR count). The Kier molecular flexibility index (Phi) is 9.26. The fourth-order valence-corrected chi connectivity index (χ4v) is 2.89. The number of carbonyl (C=O) groups is 1. The highest BCUT2D eigenvalue weighted by Gasteiger charge is 2.32. The third kappa shape index (κ3) is 6.04. The summed E-state index contributed by atoms with van der Waals surface area (Å²) in [4.78, 5) is 14.6. The van der Waals surface area contributed by atoms with Crippen molar-refractivity contribution in [1.82, 2.24) is 4.90 Å². The van der Waals surface area contributed by atoms with Crippen molar-refractivity contribution in [2.75, 3.05) is 13.1 Å². The molecule has 4 nitrogen and oxygen atoms in total. The lowest BCUT2D eigenvalue weighted by Gasteiger charge is -2.26. The second-order valence-electron chi connectivity index (χ2n) is 6.15. The number of hydrogen-bond donors (Lipinski definition) is 1. The Balaban J connectivity index is 0.00000288. The van der Waals surface area contributed by atoms with Crippen molar-refractivity contribution in [3.63, 3.8) is 0 Å². The number of nitrogens with two attached hydrogens (primary N) is 1. The van der Waals surface area contributed by atoms with E-state index >= 15 is 0 Å². The zero-order valence-electron chi connectivity index (χ0n) is 14.2. The minimum atomic E-state index is -0.384. The molecule has 1 aromatic rings. The molecular formula is C18H28ClFN2O2. The smallest absolute Gasteiger partial charge is 0.252 e. The Morgan fingerprint density at radius 2 is 2.00 bits per heavy atom. The summed E-state index contributed by atoms with van der Waals surface area (Å²) in [7, 11) is 0. The fraction of sp³-hybridized carbons (Fsp3) is 0.611. The molecule has 24 heavy (non-hydrogen) atoms. The van der Waals surface area contributed by atoms with Gasteiger partial charge in [-0.15, -0.1) is 12.4 Å². The normalized spacial score (nSPS) is 19.8. The molecule has 136 valence electrons. The molecule has 0 saturated carbocycles. The molecule has 1 saturated heterocycles. The Morgan fingerprint density at radius 1 is 1.29 bits per heavy atom. The van der Waals surface area contributed by atoms with Crippen LogP contribution < -0.4 is 5.73 Å². The van der Waals surface area contributed by atoms with Gasteiger partial charge in [-0.1, -0.05) is 31.9 Å². The lowest BCUT2D eigenvalue weighted by atomic mass is 10.1. The molecule has 0 bridgehead atoms. The molecule has 0 aromatic heterocycles. The molecule has 1 amide bonds. The van der Waals surface area contributed by atoms with Crippen molar-refractivity contribution < 1.29 is 13.9 Å². The van der Waals surface area contributed by atoms with Crippen LogP contribution in [0, 0.1) is 5.82 Å². The first-order valence-electron chi connectivity index (χ1n) is 8.52. The minimum absolute atomic E-state index is 0. The maximum absolute atomic E-state index is 13.0. The van der Waals surface area contributed by atoms with Crippen molar-refractivity contribution in [2.45, 2.75) is 57.8 Å². The molecule has 6 heteroatoms. The van der Waals surface area contributed by atoms with Crippen LogP contribution in [0.4, 0.5) is 4.39 Å². The highest BCUT2D eigenvalue weighted by molar-refractivity contribution is 5.85. The molecule has 0 aliphatic carbocycles. The largest absolute Gasteiger partial charge is 0.364 e. The molecule has 1 aliphatic rings. The third-order valence-corrected chi connectivity index (χ3v) is 4.28. The van der Waals surface area contributed by atoms with Crippen LogP contribution in [-0.4, -0.2) is 36.1 Å². The van der Waals surface area contributed by atoms with Gasteiger partial charge in [0.15, 0.2) is 0 Å². The third-order valence-electron chi connectivity index (χ3n) is 4.28. The van der Waals surface area contributed by atoms with Gasteiger partial charge in [-0.05, 0) is 37.0 Å². The molecule has 0 unspecified atom stereocenters. The Bertz CT molecular complexity index is 498. The average Bonchev–Trinajstić information content (AvgIpc) is 3.04. The molecule has 1 aromatic carbocycles. The van der Waals surface area contributed by atoms with E-state index in [2.05, 4.69) is 6.92 Å². The summed E-state index contributed by atoms with van der Waals surface area (Å²) in [6.07, 6.45) is 4.34. The van der Waals surface area contributed by atoms with E-state index < -0.39 is 0 Å². The zero-order chi connectivity index (χ0) is 16.7. The zero-order valence-corrected chi connectivity index (χ0v) is 15.1. The molecule has 0 radical (unpaired) electrons. The number of rotatable bonds is 8. The van der Waals surface area contributed by atoms with Gasteiger partial charge in [0.1, 0.15) is 11.9 Å². The van der Waals surface area contributed by atoms with Crippen LogP contribution in [0.25, 0.3) is 0 Å². The first-order chi connectivity index (χ1) is 11.1. The highest BCUT2D eigenvalue weighted by atomic mass is 35.5. The maximum atomic E-state index is 13.0. The molecule has 1 aliphatic heterocycles. The van der Waals surface area contributed by atoms with Crippen molar-refractivity contribution >= 4 is 18.3 Å². The summed E-state index contributed by atoms with van der Waals surface area (Å²) < 4.78 is 18.8. The summed E-state index contributed by atoms with van der Waals surface area (Å²) >= 11 is 0. The van der Waals surface area contributed by atoms with Gasteiger partial charge in [-0.2, -0.15) is 0 Å². The van der Waals surface area contributed by atoms with Crippen LogP contribution in [0.15, 0.2) is 24.3 Å². The second-order valence-corrected chi connectivity index (χ2v) is 6.15. The van der Waals surface area contributed by atoms with Gasteiger partial charge in [-0.25, -0.2) is 4.39 Å². The van der Waals surface area contributed by atoms with Gasteiger partial charge in [0.05, 0.1) is 6.10 Å². The highest BCUT2D eigenvalue weighted by Crippen LogP contribution is 2.22. The van der Waals surface area contributed by atoms with Crippen molar-refractivity contribution in [2.24, 2.45) is 5.73 Å². The quantitative estimate of drug-likeness (QED) is 0.725. The predicted octanol–water partition coefficient (Wildman–Crippen LogP) is 3.27. The van der Waals surface area contributed by atoms with Crippen LogP contribution >= 0.6 is 12.4 Å². The monoisotopic (exact) mass is 358 g/mol.